The molecule has 0 unspecified atom stereocenters. The van der Waals surface area contributed by atoms with Crippen LogP contribution in [-0.4, -0.2) is 10.9 Å². The second-order valence-electron chi connectivity index (χ2n) is 2.75. The Balaban J connectivity index is 2.40. The minimum atomic E-state index is -0.208. The molecule has 0 radical (unpaired) electrons. The van der Waals surface area contributed by atoms with Crippen LogP contribution in [0.5, 0.6) is 0 Å². The van der Waals surface area contributed by atoms with Crippen LogP contribution < -0.4 is 0 Å². The smallest absolute Gasteiger partial charge is 0.100 e. The highest BCUT2D eigenvalue weighted by atomic mass is 17.1. The van der Waals surface area contributed by atoms with Crippen LogP contribution in [0.4, 0.5) is 0 Å². The van der Waals surface area contributed by atoms with Gasteiger partial charge in [0.1, 0.15) is 5.60 Å². The summed E-state index contributed by atoms with van der Waals surface area (Å²) in [4.78, 5) is 4.30. The first-order valence-electron chi connectivity index (χ1n) is 3.09. The molecule has 0 aromatic heterocycles. The van der Waals surface area contributed by atoms with Crippen LogP contribution in [0.2, 0.25) is 0 Å². The summed E-state index contributed by atoms with van der Waals surface area (Å²) in [6.07, 6.45) is 4.39. The van der Waals surface area contributed by atoms with Gasteiger partial charge in [-0.1, -0.05) is 12.8 Å². The standard InChI is InChI=1S/C6H12O2/c1-6(8-7)4-2-3-5-6/h7H,2-5H2,1H3. The van der Waals surface area contributed by atoms with Crippen LogP contribution in [0.3, 0.4) is 0 Å². The van der Waals surface area contributed by atoms with E-state index in [4.69, 9.17) is 5.26 Å². The van der Waals surface area contributed by atoms with E-state index in [-0.39, 0.29) is 5.60 Å². The zero-order valence-electron chi connectivity index (χ0n) is 5.18. The number of rotatable bonds is 1. The Kier molecular flexibility index (Phi) is 1.54. The maximum atomic E-state index is 8.33. The van der Waals surface area contributed by atoms with E-state index in [1.807, 2.05) is 6.92 Å². The molecule has 1 fully saturated rings. The molecule has 1 aliphatic carbocycles. The maximum absolute atomic E-state index is 8.33. The van der Waals surface area contributed by atoms with Gasteiger partial charge >= 0.3 is 0 Å². The lowest BCUT2D eigenvalue weighted by molar-refractivity contribution is -0.315. The monoisotopic (exact) mass is 116 g/mol. The van der Waals surface area contributed by atoms with Crippen molar-refractivity contribution < 1.29 is 10.1 Å². The average Bonchev–Trinajstić information content (AvgIpc) is 2.17. The van der Waals surface area contributed by atoms with Crippen molar-refractivity contribution in [2.24, 2.45) is 0 Å². The number of hydrogen-bond donors (Lipinski definition) is 1. The molecule has 0 spiro atoms. The summed E-state index contributed by atoms with van der Waals surface area (Å²) < 4.78 is 0. The summed E-state index contributed by atoms with van der Waals surface area (Å²) in [7, 11) is 0. The van der Waals surface area contributed by atoms with Crippen LogP contribution in [0.25, 0.3) is 0 Å². The molecule has 0 aromatic rings. The minimum absolute atomic E-state index is 0.208. The van der Waals surface area contributed by atoms with Gasteiger partial charge in [-0.3, -0.25) is 5.26 Å². The first-order valence-corrected chi connectivity index (χ1v) is 3.09. The molecule has 48 valence electrons. The highest BCUT2D eigenvalue weighted by Crippen LogP contribution is 2.31. The van der Waals surface area contributed by atoms with Crippen molar-refractivity contribution in [1.82, 2.24) is 0 Å². The lowest BCUT2D eigenvalue weighted by Gasteiger charge is -2.17. The highest BCUT2D eigenvalue weighted by Gasteiger charge is 2.29. The quantitative estimate of drug-likeness (QED) is 0.418. The second kappa shape index (κ2) is 2.03. The SMILES string of the molecule is CC1(OO)CCCC1. The third kappa shape index (κ3) is 1.01. The van der Waals surface area contributed by atoms with E-state index in [9.17, 15) is 0 Å². The molecular weight excluding hydrogens is 104 g/mol. The Labute approximate surface area is 49.4 Å². The van der Waals surface area contributed by atoms with Gasteiger partial charge in [-0.25, -0.2) is 4.89 Å². The van der Waals surface area contributed by atoms with E-state index in [0.717, 1.165) is 12.8 Å². The summed E-state index contributed by atoms with van der Waals surface area (Å²) >= 11 is 0. The van der Waals surface area contributed by atoms with Gasteiger partial charge in [-0.15, -0.1) is 0 Å². The predicted molar refractivity (Wildman–Crippen MR) is 30.6 cm³/mol. The van der Waals surface area contributed by atoms with E-state index < -0.39 is 0 Å². The summed E-state index contributed by atoms with van der Waals surface area (Å²) in [5.74, 6) is 0. The molecule has 0 aliphatic heterocycles. The van der Waals surface area contributed by atoms with Gasteiger partial charge in [0, 0.05) is 0 Å². The Morgan fingerprint density at radius 1 is 1.38 bits per heavy atom. The zero-order valence-corrected chi connectivity index (χ0v) is 5.18. The van der Waals surface area contributed by atoms with E-state index in [0.29, 0.717) is 0 Å². The molecule has 0 heterocycles. The van der Waals surface area contributed by atoms with Crippen molar-refractivity contribution in [2.75, 3.05) is 0 Å². The van der Waals surface area contributed by atoms with E-state index >= 15 is 0 Å². The number of hydrogen-bond acceptors (Lipinski definition) is 2. The molecule has 8 heavy (non-hydrogen) atoms. The molecule has 0 bridgehead atoms. The first-order chi connectivity index (χ1) is 3.77. The van der Waals surface area contributed by atoms with Gasteiger partial charge in [0.25, 0.3) is 0 Å². The van der Waals surface area contributed by atoms with Gasteiger partial charge in [-0.05, 0) is 19.8 Å². The van der Waals surface area contributed by atoms with Gasteiger partial charge in [0.15, 0.2) is 0 Å². The zero-order chi connectivity index (χ0) is 6.04. The molecule has 2 heteroatoms. The van der Waals surface area contributed by atoms with Crippen LogP contribution >= 0.6 is 0 Å². The summed E-state index contributed by atoms with van der Waals surface area (Å²) in [6.45, 7) is 1.94. The van der Waals surface area contributed by atoms with Gasteiger partial charge in [0.2, 0.25) is 0 Å². The van der Waals surface area contributed by atoms with Crippen molar-refractivity contribution in [3.8, 4) is 0 Å². The second-order valence-corrected chi connectivity index (χ2v) is 2.75. The Bertz CT molecular complexity index is 74.6. The lowest BCUT2D eigenvalue weighted by Crippen LogP contribution is -2.21. The molecule has 0 aromatic carbocycles. The lowest BCUT2D eigenvalue weighted by atomic mass is 10.1. The van der Waals surface area contributed by atoms with Gasteiger partial charge < -0.3 is 0 Å². The fourth-order valence-corrected chi connectivity index (χ4v) is 1.21. The van der Waals surface area contributed by atoms with Gasteiger partial charge in [0.05, 0.1) is 0 Å². The molecule has 0 amide bonds. The topological polar surface area (TPSA) is 29.5 Å². The summed E-state index contributed by atoms with van der Waals surface area (Å²) in [5.41, 5.74) is -0.208. The van der Waals surface area contributed by atoms with Gasteiger partial charge in [-0.2, -0.15) is 0 Å². The average molecular weight is 116 g/mol. The normalized spacial score (nSPS) is 26.2. The van der Waals surface area contributed by atoms with Crippen LogP contribution in [0.15, 0.2) is 0 Å². The van der Waals surface area contributed by atoms with Crippen molar-refractivity contribution in [1.29, 1.82) is 0 Å². The first kappa shape index (κ1) is 6.05. The summed E-state index contributed by atoms with van der Waals surface area (Å²) in [6, 6.07) is 0. The fraction of sp³-hybridized carbons (Fsp3) is 1.00. The van der Waals surface area contributed by atoms with Crippen LogP contribution in [0, 0.1) is 0 Å². The maximum Gasteiger partial charge on any atom is 0.100 e. The summed E-state index contributed by atoms with van der Waals surface area (Å²) in [5, 5.41) is 8.33. The Morgan fingerprint density at radius 3 is 2.12 bits per heavy atom. The van der Waals surface area contributed by atoms with Crippen molar-refractivity contribution in [2.45, 2.75) is 38.2 Å². The van der Waals surface area contributed by atoms with Crippen molar-refractivity contribution in [3.05, 3.63) is 0 Å². The van der Waals surface area contributed by atoms with E-state index in [2.05, 4.69) is 4.89 Å². The molecule has 2 nitrogen and oxygen atoms in total. The third-order valence-corrected chi connectivity index (χ3v) is 1.88. The van der Waals surface area contributed by atoms with Crippen molar-refractivity contribution >= 4 is 0 Å². The fourth-order valence-electron chi connectivity index (χ4n) is 1.21. The van der Waals surface area contributed by atoms with E-state index in [1.54, 1.807) is 0 Å². The third-order valence-electron chi connectivity index (χ3n) is 1.88. The van der Waals surface area contributed by atoms with Crippen LogP contribution in [0.1, 0.15) is 32.6 Å². The van der Waals surface area contributed by atoms with Crippen molar-refractivity contribution in [3.63, 3.8) is 0 Å². The Morgan fingerprint density at radius 2 is 1.88 bits per heavy atom. The predicted octanol–water partition coefficient (Wildman–Crippen LogP) is 1.81. The van der Waals surface area contributed by atoms with Crippen LogP contribution in [-0.2, 0) is 4.89 Å². The molecule has 1 saturated carbocycles. The highest BCUT2D eigenvalue weighted by molar-refractivity contribution is 4.79. The van der Waals surface area contributed by atoms with E-state index in [1.165, 1.54) is 12.8 Å². The Hall–Kier alpha value is -0.0800. The molecule has 0 atom stereocenters. The minimum Gasteiger partial charge on any atom is -0.251 e. The molecule has 0 saturated heterocycles. The molecule has 1 N–H and O–H groups in total. The molecule has 1 aliphatic rings. The molecule has 1 rings (SSSR count). The largest absolute Gasteiger partial charge is 0.251 e. The molecular formula is C6H12O2.